The van der Waals surface area contributed by atoms with Gasteiger partial charge in [0.1, 0.15) is 13.1 Å². The molecule has 4 nitrogen and oxygen atoms in total. The summed E-state index contributed by atoms with van der Waals surface area (Å²) in [4.78, 5) is 7.88. The summed E-state index contributed by atoms with van der Waals surface area (Å²) in [5, 5.41) is 4.18. The number of anilines is 2. The number of nitrogens with one attached hydrogen (secondary N) is 2. The number of hydrogen-bond donors (Lipinski definition) is 1. The van der Waals surface area contributed by atoms with E-state index >= 15 is 0 Å². The molecule has 2 heterocycles. The first-order valence-corrected chi connectivity index (χ1v) is 7.98. The van der Waals surface area contributed by atoms with Crippen LogP contribution in [0.1, 0.15) is 5.56 Å². The number of hydrogen-bond acceptors (Lipinski definition) is 2. The Bertz CT molecular complexity index is 636. The molecular formula is C17H21N4S+. The molecule has 0 aliphatic carbocycles. The minimum Gasteiger partial charge on any atom is -0.341 e. The number of pyridine rings is 1. The van der Waals surface area contributed by atoms with Crippen LogP contribution in [0, 0.1) is 6.92 Å². The summed E-state index contributed by atoms with van der Waals surface area (Å²) in [6, 6.07) is 14.4. The second-order valence-electron chi connectivity index (χ2n) is 5.47. The second-order valence-corrected chi connectivity index (χ2v) is 5.85. The Hall–Kier alpha value is -2.14. The number of aromatic amines is 1. The number of benzene rings is 1. The van der Waals surface area contributed by atoms with Crippen LogP contribution in [0.2, 0.25) is 0 Å². The largest absolute Gasteiger partial charge is 0.341 e. The Morgan fingerprint density at radius 2 is 1.77 bits per heavy atom. The van der Waals surface area contributed by atoms with Crippen molar-refractivity contribution in [2.24, 2.45) is 0 Å². The van der Waals surface area contributed by atoms with Gasteiger partial charge in [0.05, 0.1) is 19.3 Å². The van der Waals surface area contributed by atoms with Crippen LogP contribution >= 0.6 is 12.2 Å². The minimum absolute atomic E-state index is 0.811. The van der Waals surface area contributed by atoms with Crippen LogP contribution in [0.25, 0.3) is 0 Å². The lowest BCUT2D eigenvalue weighted by Crippen LogP contribution is -2.51. The molecule has 114 valence electrons. The fourth-order valence-corrected chi connectivity index (χ4v) is 2.93. The molecule has 0 atom stereocenters. The van der Waals surface area contributed by atoms with E-state index in [-0.39, 0.29) is 0 Å². The van der Waals surface area contributed by atoms with E-state index in [0.29, 0.717) is 0 Å². The van der Waals surface area contributed by atoms with Gasteiger partial charge >= 0.3 is 0 Å². The van der Waals surface area contributed by atoms with Crippen LogP contribution in [-0.2, 0) is 0 Å². The highest BCUT2D eigenvalue weighted by molar-refractivity contribution is 7.80. The summed E-state index contributed by atoms with van der Waals surface area (Å²) < 4.78 is 0. The van der Waals surface area contributed by atoms with Gasteiger partial charge in [-0.25, -0.2) is 4.98 Å². The molecule has 1 aromatic heterocycles. The van der Waals surface area contributed by atoms with Gasteiger partial charge in [-0.3, -0.25) is 4.90 Å². The van der Waals surface area contributed by atoms with Crippen molar-refractivity contribution in [3.05, 3.63) is 54.2 Å². The molecule has 0 amide bonds. The van der Waals surface area contributed by atoms with E-state index in [2.05, 4.69) is 51.3 Å². The lowest BCUT2D eigenvalue weighted by Gasteiger charge is -2.33. The van der Waals surface area contributed by atoms with Crippen LogP contribution < -0.4 is 15.2 Å². The predicted octanol–water partition coefficient (Wildman–Crippen LogP) is 2.33. The first kappa shape index (κ1) is 14.8. The highest BCUT2D eigenvalue weighted by Gasteiger charge is 2.24. The zero-order chi connectivity index (χ0) is 15.4. The molecule has 0 bridgehead atoms. The molecule has 0 spiro atoms. The Morgan fingerprint density at radius 1 is 1.05 bits per heavy atom. The van der Waals surface area contributed by atoms with E-state index in [0.717, 1.165) is 37.0 Å². The van der Waals surface area contributed by atoms with Gasteiger partial charge in [-0.15, -0.1) is 0 Å². The fourth-order valence-electron chi connectivity index (χ4n) is 2.64. The standard InChI is InChI=1S/C17H20N4S/c1-14-6-2-3-7-15(14)19-17(22)21-12-10-20(11-13-21)16-8-4-5-9-18-16/h2-9H,10-13H2,1H3,(H,19,22)/p+1. The maximum Gasteiger partial charge on any atom is 0.274 e. The van der Waals surface area contributed by atoms with Gasteiger partial charge in [-0.1, -0.05) is 24.3 Å². The van der Waals surface area contributed by atoms with E-state index in [1.165, 1.54) is 11.4 Å². The lowest BCUT2D eigenvalue weighted by atomic mass is 10.2. The van der Waals surface area contributed by atoms with Gasteiger partial charge in [-0.05, 0) is 36.8 Å². The molecule has 1 fully saturated rings. The Balaban J connectivity index is 1.57. The van der Waals surface area contributed by atoms with Gasteiger partial charge in [0.2, 0.25) is 0 Å². The van der Waals surface area contributed by atoms with E-state index in [4.69, 9.17) is 12.2 Å². The van der Waals surface area contributed by atoms with Crippen LogP contribution in [0.4, 0.5) is 11.5 Å². The Labute approximate surface area is 136 Å². The quantitative estimate of drug-likeness (QED) is 0.863. The molecule has 2 N–H and O–H groups in total. The van der Waals surface area contributed by atoms with E-state index in [1.54, 1.807) is 0 Å². The normalized spacial score (nSPS) is 14.8. The van der Waals surface area contributed by atoms with Gasteiger partial charge in [0, 0.05) is 11.8 Å². The number of aryl methyl sites for hydroxylation is 1. The van der Waals surface area contributed by atoms with Crippen molar-refractivity contribution in [1.29, 1.82) is 0 Å². The number of para-hydroxylation sites is 1. The molecule has 0 unspecified atom stereocenters. The van der Waals surface area contributed by atoms with Crippen molar-refractivity contribution >= 4 is 28.8 Å². The van der Waals surface area contributed by atoms with E-state index in [9.17, 15) is 0 Å². The van der Waals surface area contributed by atoms with Crippen molar-refractivity contribution in [1.82, 2.24) is 4.90 Å². The SMILES string of the molecule is Cc1ccccc1NC(=S)N1CCN(c2cccc[nH+]2)CC1. The number of H-pyrrole nitrogens is 1. The smallest absolute Gasteiger partial charge is 0.274 e. The first-order chi connectivity index (χ1) is 10.7. The monoisotopic (exact) mass is 313 g/mol. The second kappa shape index (κ2) is 6.75. The summed E-state index contributed by atoms with van der Waals surface area (Å²) in [7, 11) is 0. The molecular weight excluding hydrogens is 292 g/mol. The number of nitrogens with zero attached hydrogens (tertiary/aromatic N) is 2. The van der Waals surface area contributed by atoms with Gasteiger partial charge in [0.25, 0.3) is 5.82 Å². The fraction of sp³-hybridized carbons (Fsp3) is 0.294. The third kappa shape index (κ3) is 3.36. The Kier molecular flexibility index (Phi) is 4.53. The highest BCUT2D eigenvalue weighted by atomic mass is 32.1. The molecule has 5 heteroatoms. The molecule has 1 aromatic carbocycles. The number of thiocarbonyl (C=S) groups is 1. The third-order valence-electron chi connectivity index (χ3n) is 3.99. The molecule has 0 saturated carbocycles. The van der Waals surface area contributed by atoms with Gasteiger partial charge < -0.3 is 10.2 Å². The lowest BCUT2D eigenvalue weighted by molar-refractivity contribution is -0.364. The summed E-state index contributed by atoms with van der Waals surface area (Å²) in [5.41, 5.74) is 2.30. The first-order valence-electron chi connectivity index (χ1n) is 7.57. The number of aromatic nitrogens is 1. The molecule has 0 radical (unpaired) electrons. The van der Waals surface area contributed by atoms with Crippen molar-refractivity contribution in [2.75, 3.05) is 36.4 Å². The predicted molar refractivity (Wildman–Crippen MR) is 94.2 cm³/mol. The van der Waals surface area contributed by atoms with Gasteiger partial charge in [0.15, 0.2) is 5.11 Å². The van der Waals surface area contributed by atoms with Crippen molar-refractivity contribution in [3.8, 4) is 0 Å². The summed E-state index contributed by atoms with van der Waals surface area (Å²) in [6.07, 6.45) is 1.96. The van der Waals surface area contributed by atoms with Crippen LogP contribution in [-0.4, -0.2) is 36.2 Å². The van der Waals surface area contributed by atoms with E-state index < -0.39 is 0 Å². The van der Waals surface area contributed by atoms with E-state index in [1.807, 2.05) is 24.4 Å². The average Bonchev–Trinajstić information content (AvgIpc) is 2.58. The molecule has 22 heavy (non-hydrogen) atoms. The molecule has 1 aliphatic rings. The van der Waals surface area contributed by atoms with Crippen molar-refractivity contribution in [3.63, 3.8) is 0 Å². The average molecular weight is 313 g/mol. The van der Waals surface area contributed by atoms with Crippen LogP contribution in [0.15, 0.2) is 48.7 Å². The zero-order valence-electron chi connectivity index (χ0n) is 12.7. The number of rotatable bonds is 2. The molecule has 1 aliphatic heterocycles. The van der Waals surface area contributed by atoms with Crippen molar-refractivity contribution < 1.29 is 4.98 Å². The number of piperazine rings is 1. The summed E-state index contributed by atoms with van der Waals surface area (Å²) in [5.74, 6) is 1.17. The molecule has 3 rings (SSSR count). The highest BCUT2D eigenvalue weighted by Crippen LogP contribution is 2.15. The van der Waals surface area contributed by atoms with Crippen LogP contribution in [0.5, 0.6) is 0 Å². The maximum absolute atomic E-state index is 5.56. The molecule has 2 aromatic rings. The zero-order valence-corrected chi connectivity index (χ0v) is 13.6. The minimum atomic E-state index is 0.811. The van der Waals surface area contributed by atoms with Crippen molar-refractivity contribution in [2.45, 2.75) is 6.92 Å². The summed E-state index contributed by atoms with van der Waals surface area (Å²) in [6.45, 7) is 5.89. The van der Waals surface area contributed by atoms with Gasteiger partial charge in [-0.2, -0.15) is 0 Å². The topological polar surface area (TPSA) is 32.6 Å². The third-order valence-corrected chi connectivity index (χ3v) is 4.35. The van der Waals surface area contributed by atoms with Crippen LogP contribution in [0.3, 0.4) is 0 Å². The molecule has 1 saturated heterocycles. The summed E-state index contributed by atoms with van der Waals surface area (Å²) >= 11 is 5.56. The Morgan fingerprint density at radius 3 is 2.45 bits per heavy atom. The maximum atomic E-state index is 5.56.